The highest BCUT2D eigenvalue weighted by molar-refractivity contribution is 5.90. The molecular formula is C11H20O3. The Morgan fingerprint density at radius 1 is 1.36 bits per heavy atom. The maximum Gasteiger partial charge on any atom is 0.166 e. The Labute approximate surface area is 85.8 Å². The van der Waals surface area contributed by atoms with Crippen LogP contribution in [0.2, 0.25) is 0 Å². The molecule has 3 nitrogen and oxygen atoms in total. The zero-order valence-corrected chi connectivity index (χ0v) is 9.12. The number of methoxy groups -OCH3 is 1. The average molecular weight is 200 g/mol. The molecule has 0 N–H and O–H groups in total. The fraction of sp³-hybridized carbons (Fsp3) is 0.909. The lowest BCUT2D eigenvalue weighted by Crippen LogP contribution is -2.50. The van der Waals surface area contributed by atoms with Crippen molar-refractivity contribution in [2.75, 3.05) is 13.7 Å². The minimum absolute atomic E-state index is 0.0223. The monoisotopic (exact) mass is 200 g/mol. The van der Waals surface area contributed by atoms with Gasteiger partial charge in [0.2, 0.25) is 0 Å². The summed E-state index contributed by atoms with van der Waals surface area (Å²) >= 11 is 0. The van der Waals surface area contributed by atoms with E-state index in [-0.39, 0.29) is 18.0 Å². The first-order chi connectivity index (χ1) is 6.79. The summed E-state index contributed by atoms with van der Waals surface area (Å²) in [5.74, 6) is 0.172. The smallest absolute Gasteiger partial charge is 0.166 e. The summed E-state index contributed by atoms with van der Waals surface area (Å²) in [6.07, 6.45) is 5.08. The molecule has 2 atom stereocenters. The van der Waals surface area contributed by atoms with E-state index in [0.29, 0.717) is 6.42 Å². The van der Waals surface area contributed by atoms with E-state index in [0.717, 1.165) is 13.0 Å². The van der Waals surface area contributed by atoms with Gasteiger partial charge < -0.3 is 9.47 Å². The largest absolute Gasteiger partial charge is 0.375 e. The number of hydrogen-bond donors (Lipinski definition) is 0. The molecule has 1 aliphatic rings. The van der Waals surface area contributed by atoms with Crippen molar-refractivity contribution >= 4 is 5.78 Å². The highest BCUT2D eigenvalue weighted by Crippen LogP contribution is 2.22. The van der Waals surface area contributed by atoms with E-state index < -0.39 is 0 Å². The zero-order chi connectivity index (χ0) is 10.4. The van der Waals surface area contributed by atoms with Crippen molar-refractivity contribution in [3.05, 3.63) is 0 Å². The van der Waals surface area contributed by atoms with Crippen LogP contribution in [0.5, 0.6) is 0 Å². The Kier molecular flexibility index (Phi) is 5.12. The molecule has 0 aromatic rings. The van der Waals surface area contributed by atoms with Crippen molar-refractivity contribution in [1.82, 2.24) is 0 Å². The fourth-order valence-electron chi connectivity index (χ4n) is 1.66. The molecule has 1 fully saturated rings. The molecule has 14 heavy (non-hydrogen) atoms. The van der Waals surface area contributed by atoms with Gasteiger partial charge in [0.15, 0.2) is 5.78 Å². The third-order valence-electron chi connectivity index (χ3n) is 2.64. The van der Waals surface area contributed by atoms with Gasteiger partial charge in [0, 0.05) is 20.1 Å². The van der Waals surface area contributed by atoms with Crippen molar-refractivity contribution in [2.24, 2.45) is 0 Å². The first kappa shape index (κ1) is 11.7. The summed E-state index contributed by atoms with van der Waals surface area (Å²) in [5.41, 5.74) is 0. The summed E-state index contributed by atoms with van der Waals surface area (Å²) in [6, 6.07) is 0. The molecule has 0 aromatic carbocycles. The number of ether oxygens (including phenoxy) is 2. The minimum Gasteiger partial charge on any atom is -0.375 e. The van der Waals surface area contributed by atoms with Gasteiger partial charge in [-0.05, 0) is 6.42 Å². The predicted octanol–water partition coefficient (Wildman–Crippen LogP) is 1.94. The second-order valence-corrected chi connectivity index (χ2v) is 3.80. The van der Waals surface area contributed by atoms with E-state index >= 15 is 0 Å². The lowest BCUT2D eigenvalue weighted by Gasteiger charge is -2.33. The van der Waals surface area contributed by atoms with Gasteiger partial charge in [-0.3, -0.25) is 4.79 Å². The summed E-state index contributed by atoms with van der Waals surface area (Å²) in [5, 5.41) is 0. The van der Waals surface area contributed by atoms with Gasteiger partial charge >= 0.3 is 0 Å². The van der Waals surface area contributed by atoms with Crippen LogP contribution in [0, 0.1) is 0 Å². The first-order valence-electron chi connectivity index (χ1n) is 5.46. The maximum absolute atomic E-state index is 11.0. The summed E-state index contributed by atoms with van der Waals surface area (Å²) in [4.78, 5) is 11.0. The van der Waals surface area contributed by atoms with Crippen molar-refractivity contribution in [3.63, 3.8) is 0 Å². The third kappa shape index (κ3) is 3.07. The number of unbranched alkanes of at least 4 members (excludes halogenated alkanes) is 3. The van der Waals surface area contributed by atoms with E-state index in [4.69, 9.17) is 9.47 Å². The molecule has 0 heterocycles. The van der Waals surface area contributed by atoms with Gasteiger partial charge in [0.05, 0.1) is 6.10 Å². The van der Waals surface area contributed by atoms with E-state index in [9.17, 15) is 4.79 Å². The van der Waals surface area contributed by atoms with E-state index in [1.54, 1.807) is 7.11 Å². The zero-order valence-electron chi connectivity index (χ0n) is 9.12. The number of hydrogen-bond acceptors (Lipinski definition) is 3. The van der Waals surface area contributed by atoms with E-state index in [2.05, 4.69) is 6.92 Å². The second kappa shape index (κ2) is 6.14. The highest BCUT2D eigenvalue weighted by Gasteiger charge is 2.40. The number of Topliss-reactive ketones (excluding diaryl/α,β-unsaturated/α-hetero) is 1. The van der Waals surface area contributed by atoms with Crippen LogP contribution in [0.15, 0.2) is 0 Å². The van der Waals surface area contributed by atoms with Crippen molar-refractivity contribution in [2.45, 2.75) is 51.2 Å². The molecule has 3 heteroatoms. The molecule has 0 spiro atoms. The average Bonchev–Trinajstić information content (AvgIpc) is 2.16. The molecule has 0 bridgehead atoms. The lowest BCUT2D eigenvalue weighted by molar-refractivity contribution is -0.161. The van der Waals surface area contributed by atoms with Crippen LogP contribution in [0.25, 0.3) is 0 Å². The first-order valence-corrected chi connectivity index (χ1v) is 5.46. The van der Waals surface area contributed by atoms with E-state index in [1.165, 1.54) is 19.3 Å². The fourth-order valence-corrected chi connectivity index (χ4v) is 1.66. The third-order valence-corrected chi connectivity index (χ3v) is 2.64. The summed E-state index contributed by atoms with van der Waals surface area (Å²) < 4.78 is 10.6. The van der Waals surface area contributed by atoms with E-state index in [1.807, 2.05) is 0 Å². The molecule has 1 saturated carbocycles. The molecule has 82 valence electrons. The van der Waals surface area contributed by atoms with Crippen LogP contribution in [-0.4, -0.2) is 31.7 Å². The van der Waals surface area contributed by atoms with Crippen LogP contribution in [0.3, 0.4) is 0 Å². The maximum atomic E-state index is 11.0. The van der Waals surface area contributed by atoms with Gasteiger partial charge in [-0.25, -0.2) is 0 Å². The summed E-state index contributed by atoms with van der Waals surface area (Å²) in [6.45, 7) is 2.95. The lowest BCUT2D eigenvalue weighted by atomic mass is 9.90. The number of carbonyl (C=O) groups excluding carboxylic acids is 1. The molecule has 2 unspecified atom stereocenters. The normalized spacial score (nSPS) is 26.3. The van der Waals surface area contributed by atoms with Crippen LogP contribution < -0.4 is 0 Å². The van der Waals surface area contributed by atoms with Gasteiger partial charge in [-0.2, -0.15) is 0 Å². The van der Waals surface area contributed by atoms with Gasteiger partial charge in [0.25, 0.3) is 0 Å². The number of carbonyl (C=O) groups is 1. The Balaban J connectivity index is 2.00. The SMILES string of the molecule is CCCCCCOC1CC(=O)C1OC. The Morgan fingerprint density at radius 2 is 2.14 bits per heavy atom. The minimum atomic E-state index is -0.291. The summed E-state index contributed by atoms with van der Waals surface area (Å²) in [7, 11) is 1.56. The Morgan fingerprint density at radius 3 is 2.71 bits per heavy atom. The molecule has 1 aliphatic carbocycles. The molecule has 0 saturated heterocycles. The van der Waals surface area contributed by atoms with Gasteiger partial charge in [-0.1, -0.05) is 26.2 Å². The highest BCUT2D eigenvalue weighted by atomic mass is 16.5. The molecule has 0 radical (unpaired) electrons. The molecular weight excluding hydrogens is 180 g/mol. The Hall–Kier alpha value is -0.410. The second-order valence-electron chi connectivity index (χ2n) is 3.80. The van der Waals surface area contributed by atoms with Crippen molar-refractivity contribution in [3.8, 4) is 0 Å². The standard InChI is InChI=1S/C11H20O3/c1-3-4-5-6-7-14-10-8-9(12)11(10)13-2/h10-11H,3-8H2,1-2H3. The number of rotatable bonds is 7. The van der Waals surface area contributed by atoms with Crippen molar-refractivity contribution in [1.29, 1.82) is 0 Å². The molecule has 0 amide bonds. The van der Waals surface area contributed by atoms with Gasteiger partial charge in [0.1, 0.15) is 6.10 Å². The van der Waals surface area contributed by atoms with Crippen LogP contribution >= 0.6 is 0 Å². The Bertz CT molecular complexity index is 179. The predicted molar refractivity (Wildman–Crippen MR) is 54.3 cm³/mol. The van der Waals surface area contributed by atoms with Crippen LogP contribution in [-0.2, 0) is 14.3 Å². The molecule has 0 aliphatic heterocycles. The molecule has 1 rings (SSSR count). The van der Waals surface area contributed by atoms with Gasteiger partial charge in [-0.15, -0.1) is 0 Å². The van der Waals surface area contributed by atoms with Crippen molar-refractivity contribution < 1.29 is 14.3 Å². The topological polar surface area (TPSA) is 35.5 Å². The van der Waals surface area contributed by atoms with Crippen LogP contribution in [0.1, 0.15) is 39.0 Å². The number of ketones is 1. The molecule has 0 aromatic heterocycles. The quantitative estimate of drug-likeness (QED) is 0.589. The van der Waals surface area contributed by atoms with Crippen LogP contribution in [0.4, 0.5) is 0 Å².